The second-order valence-corrected chi connectivity index (χ2v) is 5.27. The fourth-order valence-electron chi connectivity index (χ4n) is 1.53. The zero-order valence-electron chi connectivity index (χ0n) is 14.0. The molecule has 0 saturated heterocycles. The molecule has 0 aliphatic carbocycles. The summed E-state index contributed by atoms with van der Waals surface area (Å²) in [6.07, 6.45) is 2.81. The molecule has 0 bridgehead atoms. The lowest BCUT2D eigenvalue weighted by atomic mass is 10.3. The van der Waals surface area contributed by atoms with Crippen LogP contribution in [-0.4, -0.2) is 67.9 Å². The highest BCUT2D eigenvalue weighted by Crippen LogP contribution is 1.92. The number of nitrogens with two attached hydrogens (primary N) is 1. The fraction of sp³-hybridized carbons (Fsp3) is 0.933. The smallest absolute Gasteiger partial charge is 0.188 e. The van der Waals surface area contributed by atoms with Crippen molar-refractivity contribution in [3.8, 4) is 0 Å². The van der Waals surface area contributed by atoms with Gasteiger partial charge in [0.15, 0.2) is 5.96 Å². The van der Waals surface area contributed by atoms with Gasteiger partial charge in [0.2, 0.25) is 0 Å². The number of rotatable bonds is 14. The Hall–Kier alpha value is -0.890. The molecule has 22 heavy (non-hydrogen) atoms. The van der Waals surface area contributed by atoms with Crippen LogP contribution in [0.2, 0.25) is 0 Å². The van der Waals surface area contributed by atoms with Crippen LogP contribution < -0.4 is 11.1 Å². The first-order chi connectivity index (χ1) is 10.6. The Bertz CT molecular complexity index is 278. The van der Waals surface area contributed by atoms with Crippen molar-refractivity contribution in [2.45, 2.75) is 51.7 Å². The molecule has 0 aliphatic heterocycles. The van der Waals surface area contributed by atoms with Crippen molar-refractivity contribution >= 4 is 5.96 Å². The molecular weight excluding hydrogens is 286 g/mol. The summed E-state index contributed by atoms with van der Waals surface area (Å²) in [6.45, 7) is 6.44. The standard InChI is InChI=1S/C15H33N3O4/c1-3-5-7-21-11-13(19)9-17-15(16)18-10-14(20)12-22-8-6-4-2/h13-14,19-20H,3-12H2,1-2H3,(H3,16,17,18). The molecule has 5 N–H and O–H groups in total. The van der Waals surface area contributed by atoms with Crippen molar-refractivity contribution in [2.75, 3.05) is 39.5 Å². The van der Waals surface area contributed by atoms with Crippen LogP contribution in [-0.2, 0) is 9.47 Å². The molecule has 7 heteroatoms. The van der Waals surface area contributed by atoms with Gasteiger partial charge in [-0.15, -0.1) is 0 Å². The van der Waals surface area contributed by atoms with E-state index in [1.807, 2.05) is 0 Å². The number of ether oxygens (including phenoxy) is 2. The quantitative estimate of drug-likeness (QED) is 0.207. The summed E-state index contributed by atoms with van der Waals surface area (Å²) in [4.78, 5) is 4.01. The van der Waals surface area contributed by atoms with E-state index in [0.717, 1.165) is 25.7 Å². The van der Waals surface area contributed by atoms with Crippen molar-refractivity contribution in [2.24, 2.45) is 10.7 Å². The van der Waals surface area contributed by atoms with Crippen molar-refractivity contribution in [1.82, 2.24) is 5.32 Å². The molecule has 0 aromatic heterocycles. The third kappa shape index (κ3) is 14.1. The van der Waals surface area contributed by atoms with Crippen molar-refractivity contribution in [3.05, 3.63) is 0 Å². The number of aliphatic hydroxyl groups excluding tert-OH is 2. The van der Waals surface area contributed by atoms with Crippen LogP contribution in [0.25, 0.3) is 0 Å². The van der Waals surface area contributed by atoms with Gasteiger partial charge in [-0.2, -0.15) is 0 Å². The van der Waals surface area contributed by atoms with Gasteiger partial charge in [-0.3, -0.25) is 4.99 Å². The molecule has 0 saturated carbocycles. The summed E-state index contributed by atoms with van der Waals surface area (Å²) >= 11 is 0. The van der Waals surface area contributed by atoms with E-state index in [0.29, 0.717) is 13.2 Å². The lowest BCUT2D eigenvalue weighted by molar-refractivity contribution is 0.0377. The Kier molecular flexibility index (Phi) is 14.4. The van der Waals surface area contributed by atoms with E-state index in [1.54, 1.807) is 0 Å². The lowest BCUT2D eigenvalue weighted by Crippen LogP contribution is -2.39. The molecular formula is C15H33N3O4. The van der Waals surface area contributed by atoms with E-state index in [4.69, 9.17) is 15.2 Å². The van der Waals surface area contributed by atoms with Gasteiger partial charge in [-0.05, 0) is 12.8 Å². The summed E-state index contributed by atoms with van der Waals surface area (Å²) < 4.78 is 10.6. The van der Waals surface area contributed by atoms with E-state index in [-0.39, 0.29) is 32.3 Å². The number of nitrogens with one attached hydrogen (secondary N) is 1. The molecule has 0 fully saturated rings. The largest absolute Gasteiger partial charge is 0.389 e. The van der Waals surface area contributed by atoms with Crippen LogP contribution in [0, 0.1) is 0 Å². The molecule has 0 radical (unpaired) electrons. The summed E-state index contributed by atoms with van der Waals surface area (Å²) in [7, 11) is 0. The molecule has 0 spiro atoms. The van der Waals surface area contributed by atoms with Gasteiger partial charge in [0.25, 0.3) is 0 Å². The molecule has 0 aromatic rings. The molecule has 7 nitrogen and oxygen atoms in total. The first-order valence-electron chi connectivity index (χ1n) is 8.15. The first-order valence-corrected chi connectivity index (χ1v) is 8.15. The minimum Gasteiger partial charge on any atom is -0.389 e. The Labute approximate surface area is 133 Å². The Morgan fingerprint density at radius 1 is 1.05 bits per heavy atom. The molecule has 0 aliphatic rings. The molecule has 0 amide bonds. The van der Waals surface area contributed by atoms with Gasteiger partial charge in [0.05, 0.1) is 32.0 Å². The third-order valence-corrected chi connectivity index (χ3v) is 2.90. The SMILES string of the molecule is CCCCOCC(O)CN=C(N)NCC(O)COCCCC. The van der Waals surface area contributed by atoms with Gasteiger partial charge >= 0.3 is 0 Å². The van der Waals surface area contributed by atoms with Crippen molar-refractivity contribution in [3.63, 3.8) is 0 Å². The van der Waals surface area contributed by atoms with Crippen LogP contribution in [0.3, 0.4) is 0 Å². The summed E-state index contributed by atoms with van der Waals surface area (Å²) in [5.74, 6) is 0.195. The maximum absolute atomic E-state index is 9.67. The molecule has 132 valence electrons. The summed E-state index contributed by atoms with van der Waals surface area (Å²) in [6, 6.07) is 0. The number of nitrogens with zero attached hydrogens (tertiary/aromatic N) is 1. The molecule has 2 atom stereocenters. The van der Waals surface area contributed by atoms with Crippen LogP contribution in [0.4, 0.5) is 0 Å². The first kappa shape index (κ1) is 21.1. The Balaban J connectivity index is 3.65. The third-order valence-electron chi connectivity index (χ3n) is 2.90. The summed E-state index contributed by atoms with van der Waals surface area (Å²) in [5, 5.41) is 22.1. The van der Waals surface area contributed by atoms with Crippen LogP contribution in [0.1, 0.15) is 39.5 Å². The zero-order valence-corrected chi connectivity index (χ0v) is 14.0. The topological polar surface area (TPSA) is 109 Å². The Morgan fingerprint density at radius 3 is 2.14 bits per heavy atom. The van der Waals surface area contributed by atoms with E-state index in [9.17, 15) is 10.2 Å². The number of hydrogen-bond donors (Lipinski definition) is 4. The van der Waals surface area contributed by atoms with Crippen LogP contribution >= 0.6 is 0 Å². The van der Waals surface area contributed by atoms with Gasteiger partial charge in [-0.1, -0.05) is 26.7 Å². The average Bonchev–Trinajstić information content (AvgIpc) is 2.51. The highest BCUT2D eigenvalue weighted by Gasteiger charge is 2.06. The van der Waals surface area contributed by atoms with E-state index < -0.39 is 12.2 Å². The van der Waals surface area contributed by atoms with Crippen LogP contribution in [0.15, 0.2) is 4.99 Å². The van der Waals surface area contributed by atoms with E-state index in [2.05, 4.69) is 24.2 Å². The number of hydrogen-bond acceptors (Lipinski definition) is 5. The minimum absolute atomic E-state index is 0.175. The van der Waals surface area contributed by atoms with Gasteiger partial charge < -0.3 is 30.7 Å². The maximum Gasteiger partial charge on any atom is 0.188 e. The molecule has 2 unspecified atom stereocenters. The fourth-order valence-corrected chi connectivity index (χ4v) is 1.53. The second-order valence-electron chi connectivity index (χ2n) is 5.27. The zero-order chi connectivity index (χ0) is 16.6. The van der Waals surface area contributed by atoms with Crippen LogP contribution in [0.5, 0.6) is 0 Å². The second kappa shape index (κ2) is 15.0. The Morgan fingerprint density at radius 2 is 1.59 bits per heavy atom. The van der Waals surface area contributed by atoms with Gasteiger partial charge in [0.1, 0.15) is 0 Å². The number of guanidine groups is 1. The predicted octanol–water partition coefficient (Wildman–Crippen LogP) is 0.246. The number of aliphatic imine (C=N–C) groups is 1. The lowest BCUT2D eigenvalue weighted by Gasteiger charge is -2.13. The number of aliphatic hydroxyl groups is 2. The minimum atomic E-state index is -0.667. The van der Waals surface area contributed by atoms with E-state index >= 15 is 0 Å². The van der Waals surface area contributed by atoms with Crippen molar-refractivity contribution in [1.29, 1.82) is 0 Å². The normalized spacial score (nSPS) is 14.8. The monoisotopic (exact) mass is 319 g/mol. The highest BCUT2D eigenvalue weighted by molar-refractivity contribution is 5.77. The van der Waals surface area contributed by atoms with E-state index in [1.165, 1.54) is 0 Å². The molecule has 0 rings (SSSR count). The maximum atomic E-state index is 9.67. The number of unbranched alkanes of at least 4 members (excludes halogenated alkanes) is 2. The highest BCUT2D eigenvalue weighted by atomic mass is 16.5. The predicted molar refractivity (Wildman–Crippen MR) is 88.0 cm³/mol. The molecule has 0 heterocycles. The van der Waals surface area contributed by atoms with Gasteiger partial charge in [0, 0.05) is 19.8 Å². The average molecular weight is 319 g/mol. The van der Waals surface area contributed by atoms with Gasteiger partial charge in [-0.25, -0.2) is 0 Å². The van der Waals surface area contributed by atoms with Crippen molar-refractivity contribution < 1.29 is 19.7 Å². The summed E-state index contributed by atoms with van der Waals surface area (Å²) in [5.41, 5.74) is 5.66. The molecule has 0 aromatic carbocycles.